The van der Waals surface area contributed by atoms with Gasteiger partial charge < -0.3 is 15.0 Å². The molecule has 0 aliphatic heterocycles. The summed E-state index contributed by atoms with van der Waals surface area (Å²) in [5.74, 6) is 0.132. The number of amides is 2. The first-order valence-corrected chi connectivity index (χ1v) is 11.4. The first-order chi connectivity index (χ1) is 14.9. The highest BCUT2D eigenvalue weighted by molar-refractivity contribution is 6.35. The number of nitrogens with zero attached hydrogens (tertiary/aromatic N) is 1. The van der Waals surface area contributed by atoms with Crippen LogP contribution in [0.3, 0.4) is 0 Å². The molecule has 2 amide bonds. The Morgan fingerprint density at radius 3 is 2.38 bits per heavy atom. The normalized spacial score (nSPS) is 12.2. The highest BCUT2D eigenvalue weighted by Crippen LogP contribution is 2.24. The van der Waals surface area contributed by atoms with Gasteiger partial charge in [0.05, 0.1) is 0 Å². The molecule has 0 saturated carbocycles. The van der Waals surface area contributed by atoms with E-state index in [0.29, 0.717) is 27.8 Å². The third-order valence-corrected chi connectivity index (χ3v) is 5.52. The molecule has 1 atom stereocenters. The van der Waals surface area contributed by atoms with E-state index in [1.807, 2.05) is 59.7 Å². The maximum Gasteiger partial charge on any atom is 0.261 e. The quantitative estimate of drug-likeness (QED) is 0.528. The number of hydrogen-bond donors (Lipinski definition) is 1. The topological polar surface area (TPSA) is 58.6 Å². The fourth-order valence-corrected chi connectivity index (χ4v) is 3.76. The van der Waals surface area contributed by atoms with E-state index in [0.717, 1.165) is 11.1 Å². The molecule has 0 unspecified atom stereocenters. The SMILES string of the molecule is CC[C@@H](C(=O)NC(C)(C)C)N(Cc1ccc(Cl)cc1Cl)C(=O)COc1cc(C)ccc1C. The van der Waals surface area contributed by atoms with Gasteiger partial charge in [0.1, 0.15) is 11.8 Å². The van der Waals surface area contributed by atoms with E-state index in [2.05, 4.69) is 5.32 Å². The molecule has 5 nitrogen and oxygen atoms in total. The molecule has 0 aliphatic rings. The van der Waals surface area contributed by atoms with Crippen LogP contribution in [0.25, 0.3) is 0 Å². The van der Waals surface area contributed by atoms with Gasteiger partial charge in [-0.05, 0) is 75.9 Å². The molecule has 174 valence electrons. The summed E-state index contributed by atoms with van der Waals surface area (Å²) in [6, 6.07) is 10.3. The Kier molecular flexibility index (Phi) is 8.99. The molecule has 0 saturated heterocycles. The molecule has 2 aromatic rings. The fraction of sp³-hybridized carbons (Fsp3) is 0.440. The van der Waals surface area contributed by atoms with E-state index >= 15 is 0 Å². The van der Waals surface area contributed by atoms with Crippen molar-refractivity contribution in [3.05, 3.63) is 63.1 Å². The van der Waals surface area contributed by atoms with Crippen molar-refractivity contribution in [2.45, 2.75) is 66.1 Å². The van der Waals surface area contributed by atoms with Crippen LogP contribution < -0.4 is 10.1 Å². The average molecular weight is 479 g/mol. The predicted octanol–water partition coefficient (Wildman–Crippen LogP) is 5.71. The highest BCUT2D eigenvalue weighted by atomic mass is 35.5. The van der Waals surface area contributed by atoms with Crippen LogP contribution in [0.5, 0.6) is 5.75 Å². The summed E-state index contributed by atoms with van der Waals surface area (Å²) in [4.78, 5) is 27.9. The van der Waals surface area contributed by atoms with Gasteiger partial charge in [0.2, 0.25) is 5.91 Å². The largest absolute Gasteiger partial charge is 0.483 e. The van der Waals surface area contributed by atoms with E-state index < -0.39 is 11.6 Å². The predicted molar refractivity (Wildman–Crippen MR) is 130 cm³/mol. The lowest BCUT2D eigenvalue weighted by atomic mass is 10.1. The Balaban J connectivity index is 2.31. The fourth-order valence-electron chi connectivity index (χ4n) is 3.29. The third-order valence-electron chi connectivity index (χ3n) is 4.93. The minimum Gasteiger partial charge on any atom is -0.483 e. The zero-order valence-electron chi connectivity index (χ0n) is 19.6. The molecule has 32 heavy (non-hydrogen) atoms. The van der Waals surface area contributed by atoms with Crippen LogP contribution in [0.1, 0.15) is 50.8 Å². The third kappa shape index (κ3) is 7.42. The second-order valence-electron chi connectivity index (χ2n) is 8.98. The van der Waals surface area contributed by atoms with Gasteiger partial charge in [-0.1, -0.05) is 48.3 Å². The van der Waals surface area contributed by atoms with Gasteiger partial charge in [-0.25, -0.2) is 0 Å². The van der Waals surface area contributed by atoms with Gasteiger partial charge in [-0.15, -0.1) is 0 Å². The number of halogens is 2. The molecule has 0 heterocycles. The smallest absolute Gasteiger partial charge is 0.261 e. The minimum atomic E-state index is -0.671. The zero-order chi connectivity index (χ0) is 24.1. The number of hydrogen-bond acceptors (Lipinski definition) is 3. The zero-order valence-corrected chi connectivity index (χ0v) is 21.1. The molecule has 0 fully saturated rings. The maximum absolute atomic E-state index is 13.3. The van der Waals surface area contributed by atoms with Crippen LogP contribution in [-0.4, -0.2) is 34.9 Å². The van der Waals surface area contributed by atoms with E-state index in [1.54, 1.807) is 18.2 Å². The van der Waals surface area contributed by atoms with Gasteiger partial charge in [-0.3, -0.25) is 9.59 Å². The Bertz CT molecular complexity index is 970. The van der Waals surface area contributed by atoms with E-state index in [4.69, 9.17) is 27.9 Å². The molecular weight excluding hydrogens is 447 g/mol. The summed E-state index contributed by atoms with van der Waals surface area (Å²) in [6.07, 6.45) is 0.447. The molecule has 0 bridgehead atoms. The van der Waals surface area contributed by atoms with Crippen LogP contribution in [0.15, 0.2) is 36.4 Å². The first kappa shape index (κ1) is 26.0. The summed E-state index contributed by atoms with van der Waals surface area (Å²) >= 11 is 12.4. The number of aryl methyl sites for hydroxylation is 2. The second-order valence-corrected chi connectivity index (χ2v) is 9.82. The number of carbonyl (C=O) groups is 2. The molecular formula is C25H32Cl2N2O3. The monoisotopic (exact) mass is 478 g/mol. The number of rotatable bonds is 8. The van der Waals surface area contributed by atoms with Gasteiger partial charge in [-0.2, -0.15) is 0 Å². The van der Waals surface area contributed by atoms with Crippen molar-refractivity contribution < 1.29 is 14.3 Å². The van der Waals surface area contributed by atoms with Gasteiger partial charge in [0.25, 0.3) is 5.91 Å². The molecule has 7 heteroatoms. The molecule has 0 aromatic heterocycles. The lowest BCUT2D eigenvalue weighted by Gasteiger charge is -2.33. The van der Waals surface area contributed by atoms with Crippen molar-refractivity contribution in [3.8, 4) is 5.75 Å². The highest BCUT2D eigenvalue weighted by Gasteiger charge is 2.31. The lowest BCUT2D eigenvalue weighted by molar-refractivity contribution is -0.143. The van der Waals surface area contributed by atoms with E-state index in [1.165, 1.54) is 4.90 Å². The molecule has 0 radical (unpaired) electrons. The van der Waals surface area contributed by atoms with Gasteiger partial charge in [0.15, 0.2) is 6.61 Å². The summed E-state index contributed by atoms with van der Waals surface area (Å²) in [5.41, 5.74) is 2.26. The number of carbonyl (C=O) groups excluding carboxylic acids is 2. The van der Waals surface area contributed by atoms with Gasteiger partial charge in [0, 0.05) is 22.1 Å². The van der Waals surface area contributed by atoms with E-state index in [-0.39, 0.29) is 25.0 Å². The molecule has 2 rings (SSSR count). The minimum absolute atomic E-state index is 0.168. The van der Waals surface area contributed by atoms with Gasteiger partial charge >= 0.3 is 0 Å². The standard InChI is InChI=1S/C25H32Cl2N2O3/c1-7-21(24(31)28-25(4,5)6)29(14-18-10-11-19(26)13-20(18)27)23(30)15-32-22-12-16(2)8-9-17(22)3/h8-13,21H,7,14-15H2,1-6H3,(H,28,31)/t21-/m0/s1. The Labute approximate surface area is 201 Å². The Morgan fingerprint density at radius 2 is 1.78 bits per heavy atom. The summed E-state index contributed by atoms with van der Waals surface area (Å²) in [5, 5.41) is 3.93. The van der Waals surface area contributed by atoms with Crippen molar-refractivity contribution in [3.63, 3.8) is 0 Å². The Hall–Kier alpha value is -2.24. The Morgan fingerprint density at radius 1 is 1.09 bits per heavy atom. The van der Waals surface area contributed by atoms with Crippen LogP contribution in [-0.2, 0) is 16.1 Å². The summed E-state index contributed by atoms with van der Waals surface area (Å²) in [6.45, 7) is 11.5. The lowest BCUT2D eigenvalue weighted by Crippen LogP contribution is -2.54. The van der Waals surface area contributed by atoms with Crippen molar-refractivity contribution in [2.24, 2.45) is 0 Å². The number of benzene rings is 2. The second kappa shape index (κ2) is 11.1. The van der Waals surface area contributed by atoms with Crippen LogP contribution in [0.4, 0.5) is 0 Å². The number of ether oxygens (including phenoxy) is 1. The van der Waals surface area contributed by atoms with Crippen molar-refractivity contribution in [1.29, 1.82) is 0 Å². The van der Waals surface area contributed by atoms with Crippen molar-refractivity contribution in [1.82, 2.24) is 10.2 Å². The van der Waals surface area contributed by atoms with E-state index in [9.17, 15) is 9.59 Å². The van der Waals surface area contributed by atoms with Crippen molar-refractivity contribution in [2.75, 3.05) is 6.61 Å². The summed E-state index contributed by atoms with van der Waals surface area (Å²) in [7, 11) is 0. The maximum atomic E-state index is 13.3. The average Bonchev–Trinajstić information content (AvgIpc) is 2.68. The van der Waals surface area contributed by atoms with Crippen LogP contribution >= 0.6 is 23.2 Å². The van der Waals surface area contributed by atoms with Crippen molar-refractivity contribution >= 4 is 35.0 Å². The number of nitrogens with one attached hydrogen (secondary N) is 1. The molecule has 0 aliphatic carbocycles. The van der Waals surface area contributed by atoms with Crippen LogP contribution in [0.2, 0.25) is 10.0 Å². The molecule has 1 N–H and O–H groups in total. The molecule has 0 spiro atoms. The summed E-state index contributed by atoms with van der Waals surface area (Å²) < 4.78 is 5.85. The molecule has 2 aromatic carbocycles. The first-order valence-electron chi connectivity index (χ1n) is 10.7. The van der Waals surface area contributed by atoms with Crippen LogP contribution in [0, 0.1) is 13.8 Å².